The van der Waals surface area contributed by atoms with Crippen LogP contribution in [0, 0.1) is 6.92 Å². The van der Waals surface area contributed by atoms with Gasteiger partial charge < -0.3 is 5.11 Å². The second-order valence-electron chi connectivity index (χ2n) is 0.654. The molecule has 0 aliphatic rings. The minimum absolute atomic E-state index is 0. The van der Waals surface area contributed by atoms with Crippen molar-refractivity contribution in [1.82, 2.24) is 0 Å². The van der Waals surface area contributed by atoms with Crippen LogP contribution >= 0.6 is 0 Å². The van der Waals surface area contributed by atoms with Crippen molar-refractivity contribution in [2.45, 2.75) is 0 Å². The zero-order valence-corrected chi connectivity index (χ0v) is 6.43. The molecule has 0 aliphatic heterocycles. The van der Waals surface area contributed by atoms with E-state index in [1.807, 2.05) is 0 Å². The molecule has 0 aromatic carbocycles. The molecule has 6 heavy (non-hydrogen) atoms. The molecule has 1 nitrogen and oxygen atoms in total. The third-order valence-electron chi connectivity index (χ3n) is 0.272. The maximum Gasteiger partial charge on any atom is 0 e. The van der Waals surface area contributed by atoms with Crippen LogP contribution in [-0.4, -0.2) is 11.7 Å². The Balaban J connectivity index is 0. The van der Waals surface area contributed by atoms with E-state index in [0.717, 1.165) is 0 Å². The molecule has 0 spiro atoms. The fourth-order valence-electron chi connectivity index (χ4n) is 0.0745. The predicted octanol–water partition coefficient (Wildman–Crippen LogP) is 0.366. The first-order valence-electron chi connectivity index (χ1n) is 1.47. The van der Waals surface area contributed by atoms with Crippen LogP contribution in [0.15, 0.2) is 12.2 Å². The fraction of sp³-hybridized carbons (Fsp3) is 0.250. The molecule has 0 amide bonds. The zero-order chi connectivity index (χ0) is 4.12. The van der Waals surface area contributed by atoms with Gasteiger partial charge in [0.2, 0.25) is 0 Å². The van der Waals surface area contributed by atoms with Crippen LogP contribution in [0.4, 0.5) is 0 Å². The molecule has 0 saturated heterocycles. The molecule has 0 saturated carbocycles. The monoisotopic (exact) mass is 160 g/mol. The van der Waals surface area contributed by atoms with Gasteiger partial charge in [-0.3, -0.25) is 0 Å². The first-order chi connectivity index (χ1) is 2.41. The molecule has 0 heterocycles. The van der Waals surface area contributed by atoms with Gasteiger partial charge in [-0.05, 0) is 6.61 Å². The van der Waals surface area contributed by atoms with Gasteiger partial charge in [-0.15, -0.1) is 0 Å². The quantitative estimate of drug-likeness (QED) is 0.549. The molecule has 0 aromatic heterocycles. The average molecular weight is 160 g/mol. The van der Waals surface area contributed by atoms with E-state index in [1.54, 1.807) is 12.2 Å². The van der Waals surface area contributed by atoms with E-state index in [-0.39, 0.29) is 39.3 Å². The van der Waals surface area contributed by atoms with Crippen LogP contribution in [0.3, 0.4) is 0 Å². The molecule has 0 bridgehead atoms. The summed E-state index contributed by atoms with van der Waals surface area (Å²) >= 11 is 0. The fourth-order valence-corrected chi connectivity index (χ4v) is 0.0745. The van der Waals surface area contributed by atoms with Gasteiger partial charge in [0.05, 0.1) is 0 Å². The van der Waals surface area contributed by atoms with Crippen molar-refractivity contribution in [2.75, 3.05) is 6.61 Å². The van der Waals surface area contributed by atoms with Crippen LogP contribution in [0.25, 0.3) is 0 Å². The molecule has 0 unspecified atom stereocenters. The molecular formula is C4H7OY-. The van der Waals surface area contributed by atoms with E-state index in [2.05, 4.69) is 6.92 Å². The molecule has 1 N–H and O–H groups in total. The first-order valence-corrected chi connectivity index (χ1v) is 1.47. The van der Waals surface area contributed by atoms with Gasteiger partial charge in [-0.1, -0.05) is 0 Å². The molecule has 0 rings (SSSR count). The van der Waals surface area contributed by atoms with E-state index in [4.69, 9.17) is 5.11 Å². The van der Waals surface area contributed by atoms with E-state index < -0.39 is 0 Å². The van der Waals surface area contributed by atoms with Crippen molar-refractivity contribution in [3.63, 3.8) is 0 Å². The second kappa shape index (κ2) is 9.18. The van der Waals surface area contributed by atoms with Crippen molar-refractivity contribution in [2.24, 2.45) is 0 Å². The number of hydrogen-bond donors (Lipinski definition) is 1. The number of aliphatic hydroxyl groups excluding tert-OH is 1. The van der Waals surface area contributed by atoms with Gasteiger partial charge in [0.15, 0.2) is 0 Å². The van der Waals surface area contributed by atoms with Crippen LogP contribution in [-0.2, 0) is 32.7 Å². The zero-order valence-electron chi connectivity index (χ0n) is 3.59. The van der Waals surface area contributed by atoms with Crippen molar-refractivity contribution in [1.29, 1.82) is 0 Å². The average Bonchev–Trinajstić information content (AvgIpc) is 1.41. The molecule has 1 radical (unpaired) electrons. The standard InChI is InChI=1S/C4H7O.Y/c1-2-3-4-5;/h2-3,5H,1,4H2;/q-1;/b3-2+;. The third-order valence-corrected chi connectivity index (χ3v) is 0.272. The summed E-state index contributed by atoms with van der Waals surface area (Å²) in [5.41, 5.74) is 0. The summed E-state index contributed by atoms with van der Waals surface area (Å²) < 4.78 is 0. The summed E-state index contributed by atoms with van der Waals surface area (Å²) in [4.78, 5) is 0. The summed E-state index contributed by atoms with van der Waals surface area (Å²) in [5, 5.41) is 7.94. The summed E-state index contributed by atoms with van der Waals surface area (Å²) in [6.07, 6.45) is 3.12. The van der Waals surface area contributed by atoms with Crippen molar-refractivity contribution >= 4 is 0 Å². The minimum atomic E-state index is 0. The Morgan fingerprint density at radius 1 is 1.67 bits per heavy atom. The van der Waals surface area contributed by atoms with Gasteiger partial charge in [-0.2, -0.15) is 0 Å². The molecule has 33 valence electrons. The number of allylic oxidation sites excluding steroid dienone is 1. The molecule has 0 aromatic rings. The first kappa shape index (κ1) is 9.84. The maximum atomic E-state index is 7.94. The Morgan fingerprint density at radius 2 is 2.17 bits per heavy atom. The van der Waals surface area contributed by atoms with E-state index in [1.165, 1.54) is 0 Å². The summed E-state index contributed by atoms with van der Waals surface area (Å²) in [5.74, 6) is 0. The van der Waals surface area contributed by atoms with Crippen LogP contribution in [0.2, 0.25) is 0 Å². The normalized spacial score (nSPS) is 8.17. The SMILES string of the molecule is [CH2-]/C=C/CO.[Y]. The Hall–Kier alpha value is 0.674. The minimum Gasteiger partial charge on any atom is -0.410 e. The van der Waals surface area contributed by atoms with Crippen molar-refractivity contribution in [3.8, 4) is 0 Å². The molecule has 0 fully saturated rings. The van der Waals surface area contributed by atoms with Gasteiger partial charge in [0, 0.05) is 32.7 Å². The molecular weight excluding hydrogens is 153 g/mol. The smallest absolute Gasteiger partial charge is 0 e. The van der Waals surface area contributed by atoms with Gasteiger partial charge in [-0.25, -0.2) is 19.1 Å². The predicted molar refractivity (Wildman–Crippen MR) is 21.6 cm³/mol. The van der Waals surface area contributed by atoms with Gasteiger partial charge >= 0.3 is 0 Å². The largest absolute Gasteiger partial charge is 0.410 e. The van der Waals surface area contributed by atoms with Crippen LogP contribution < -0.4 is 0 Å². The van der Waals surface area contributed by atoms with Gasteiger partial charge in [0.25, 0.3) is 0 Å². The van der Waals surface area contributed by atoms with Crippen LogP contribution in [0.1, 0.15) is 0 Å². The molecule has 2 heteroatoms. The Kier molecular flexibility index (Phi) is 15.1. The summed E-state index contributed by atoms with van der Waals surface area (Å²) in [6, 6.07) is 0. The van der Waals surface area contributed by atoms with Crippen molar-refractivity contribution in [3.05, 3.63) is 19.1 Å². The summed E-state index contributed by atoms with van der Waals surface area (Å²) in [7, 11) is 0. The number of rotatable bonds is 1. The Morgan fingerprint density at radius 3 is 2.17 bits per heavy atom. The van der Waals surface area contributed by atoms with Crippen molar-refractivity contribution < 1.29 is 37.8 Å². The maximum absolute atomic E-state index is 7.94. The molecule has 0 atom stereocenters. The summed E-state index contributed by atoms with van der Waals surface area (Å²) in [6.45, 7) is 3.44. The second-order valence-corrected chi connectivity index (χ2v) is 0.654. The Labute approximate surface area is 63.3 Å². The van der Waals surface area contributed by atoms with E-state index >= 15 is 0 Å². The van der Waals surface area contributed by atoms with E-state index in [0.29, 0.717) is 0 Å². The number of hydrogen-bond acceptors (Lipinski definition) is 1. The Bertz CT molecular complexity index is 34.5. The van der Waals surface area contributed by atoms with E-state index in [9.17, 15) is 0 Å². The third kappa shape index (κ3) is 8.82. The van der Waals surface area contributed by atoms with Gasteiger partial charge in [0.1, 0.15) is 0 Å². The molecule has 0 aliphatic carbocycles. The topological polar surface area (TPSA) is 20.2 Å². The van der Waals surface area contributed by atoms with Crippen LogP contribution in [0.5, 0.6) is 0 Å². The number of aliphatic hydroxyl groups is 1.